The average Bonchev–Trinajstić information content (AvgIpc) is 2.46. The molecule has 1 fully saturated rings. The highest BCUT2D eigenvalue weighted by molar-refractivity contribution is 5.74. The van der Waals surface area contributed by atoms with Crippen LogP contribution in [0.3, 0.4) is 0 Å². The highest BCUT2D eigenvalue weighted by Gasteiger charge is 2.28. The van der Waals surface area contributed by atoms with Gasteiger partial charge in [0.15, 0.2) is 0 Å². The number of methoxy groups -OCH3 is 2. The van der Waals surface area contributed by atoms with Crippen molar-refractivity contribution in [1.29, 1.82) is 0 Å². The van der Waals surface area contributed by atoms with Gasteiger partial charge in [0.05, 0.1) is 20.3 Å². The van der Waals surface area contributed by atoms with Crippen LogP contribution < -0.4 is 14.8 Å². The fourth-order valence-electron chi connectivity index (χ4n) is 2.45. The van der Waals surface area contributed by atoms with Crippen molar-refractivity contribution in [1.82, 2.24) is 10.2 Å². The molecule has 1 aromatic rings. The number of carbonyl (C=O) groups is 1. The summed E-state index contributed by atoms with van der Waals surface area (Å²) in [6, 6.07) is 5.71. The van der Waals surface area contributed by atoms with Crippen molar-refractivity contribution in [2.75, 3.05) is 33.9 Å². The van der Waals surface area contributed by atoms with Gasteiger partial charge in [0, 0.05) is 38.2 Å². The predicted molar refractivity (Wildman–Crippen MR) is 72.5 cm³/mol. The number of amides is 1. The molecule has 1 unspecified atom stereocenters. The number of ether oxygens (including phenoxy) is 2. The number of carbonyl (C=O) groups excluding carboxylic acids is 1. The van der Waals surface area contributed by atoms with Crippen LogP contribution in [0.4, 0.5) is 0 Å². The minimum absolute atomic E-state index is 0.00658. The van der Waals surface area contributed by atoms with Gasteiger partial charge in [-0.15, -0.1) is 0 Å². The summed E-state index contributed by atoms with van der Waals surface area (Å²) in [5, 5.41) is 3.32. The van der Waals surface area contributed by atoms with Gasteiger partial charge in [-0.3, -0.25) is 4.79 Å². The zero-order valence-electron chi connectivity index (χ0n) is 11.6. The Labute approximate surface area is 113 Å². The fraction of sp³-hybridized carbons (Fsp3) is 0.500. The summed E-state index contributed by atoms with van der Waals surface area (Å²) in [5.74, 6) is 1.59. The van der Waals surface area contributed by atoms with Gasteiger partial charge in [0.1, 0.15) is 11.5 Å². The molecule has 0 saturated carbocycles. The van der Waals surface area contributed by atoms with Crippen LogP contribution >= 0.6 is 0 Å². The molecule has 104 valence electrons. The first-order valence-electron chi connectivity index (χ1n) is 6.37. The van der Waals surface area contributed by atoms with Crippen molar-refractivity contribution in [3.63, 3.8) is 0 Å². The number of benzene rings is 1. The normalized spacial score (nSPS) is 19.1. The van der Waals surface area contributed by atoms with E-state index in [1.54, 1.807) is 21.1 Å². The molecule has 19 heavy (non-hydrogen) atoms. The van der Waals surface area contributed by atoms with E-state index in [9.17, 15) is 4.79 Å². The zero-order valence-corrected chi connectivity index (χ0v) is 11.6. The van der Waals surface area contributed by atoms with Crippen molar-refractivity contribution in [2.24, 2.45) is 0 Å². The predicted octanol–water partition coefficient (Wildman–Crippen LogP) is 1.20. The Morgan fingerprint density at radius 3 is 2.79 bits per heavy atom. The molecule has 5 nitrogen and oxygen atoms in total. The van der Waals surface area contributed by atoms with E-state index in [2.05, 4.69) is 5.32 Å². The molecule has 5 heteroatoms. The van der Waals surface area contributed by atoms with E-state index in [1.165, 1.54) is 0 Å². The van der Waals surface area contributed by atoms with Gasteiger partial charge >= 0.3 is 0 Å². The summed E-state index contributed by atoms with van der Waals surface area (Å²) < 4.78 is 10.6. The fourth-order valence-corrected chi connectivity index (χ4v) is 2.45. The summed E-state index contributed by atoms with van der Waals surface area (Å²) in [7, 11) is 3.26. The third-order valence-corrected chi connectivity index (χ3v) is 3.45. The Bertz CT molecular complexity index is 462. The molecular formula is C14H20N2O3. The standard InChI is InChI=1S/C14H20N2O3/c1-10(17)16-7-6-15-9-13(16)12-5-4-11(18-2)8-14(12)19-3/h4-5,8,13,15H,6-7,9H2,1-3H3. The first-order valence-corrected chi connectivity index (χ1v) is 6.37. The van der Waals surface area contributed by atoms with Crippen LogP contribution in [0.25, 0.3) is 0 Å². The smallest absolute Gasteiger partial charge is 0.220 e. The summed E-state index contributed by atoms with van der Waals surface area (Å²) in [4.78, 5) is 13.6. The minimum Gasteiger partial charge on any atom is -0.497 e. The molecule has 0 bridgehead atoms. The highest BCUT2D eigenvalue weighted by Crippen LogP contribution is 2.33. The molecule has 2 rings (SSSR count). The second kappa shape index (κ2) is 5.93. The lowest BCUT2D eigenvalue weighted by molar-refractivity contribution is -0.132. The molecule has 1 aliphatic heterocycles. The Kier molecular flexibility index (Phi) is 4.27. The van der Waals surface area contributed by atoms with Gasteiger partial charge in [-0.05, 0) is 12.1 Å². The Hall–Kier alpha value is -1.75. The number of hydrogen-bond donors (Lipinski definition) is 1. The van der Waals surface area contributed by atoms with Gasteiger partial charge in [0.2, 0.25) is 5.91 Å². The van der Waals surface area contributed by atoms with Gasteiger partial charge in [-0.25, -0.2) is 0 Å². The topological polar surface area (TPSA) is 50.8 Å². The first-order chi connectivity index (χ1) is 9.17. The molecule has 0 aromatic heterocycles. The molecule has 1 heterocycles. The van der Waals surface area contributed by atoms with Crippen LogP contribution in [0.15, 0.2) is 18.2 Å². The van der Waals surface area contributed by atoms with Crippen LogP contribution in [0.5, 0.6) is 11.5 Å². The molecule has 0 radical (unpaired) electrons. The maximum absolute atomic E-state index is 11.7. The Balaban J connectivity index is 2.35. The summed E-state index contributed by atoms with van der Waals surface area (Å²) >= 11 is 0. The lowest BCUT2D eigenvalue weighted by atomic mass is 10.0. The lowest BCUT2D eigenvalue weighted by Crippen LogP contribution is -2.48. The number of nitrogens with zero attached hydrogens (tertiary/aromatic N) is 1. The van der Waals surface area contributed by atoms with Crippen LogP contribution in [0, 0.1) is 0 Å². The molecule has 1 aliphatic rings. The molecule has 1 atom stereocenters. The molecule has 1 N–H and O–H groups in total. The molecule has 1 aromatic carbocycles. The second-order valence-corrected chi connectivity index (χ2v) is 4.54. The number of nitrogens with one attached hydrogen (secondary N) is 1. The minimum atomic E-state index is 0.00658. The van der Waals surface area contributed by atoms with Crippen molar-refractivity contribution in [3.8, 4) is 11.5 Å². The van der Waals surface area contributed by atoms with Gasteiger partial charge < -0.3 is 19.7 Å². The Morgan fingerprint density at radius 1 is 1.37 bits per heavy atom. The molecule has 1 saturated heterocycles. The van der Waals surface area contributed by atoms with E-state index in [0.29, 0.717) is 0 Å². The summed E-state index contributed by atoms with van der Waals surface area (Å²) in [6.45, 7) is 3.89. The van der Waals surface area contributed by atoms with Gasteiger partial charge in [-0.2, -0.15) is 0 Å². The maximum Gasteiger partial charge on any atom is 0.220 e. The third-order valence-electron chi connectivity index (χ3n) is 3.45. The second-order valence-electron chi connectivity index (χ2n) is 4.54. The summed E-state index contributed by atoms with van der Waals surface area (Å²) in [5.41, 5.74) is 1.01. The van der Waals surface area contributed by atoms with Crippen LogP contribution in [0.2, 0.25) is 0 Å². The van der Waals surface area contributed by atoms with Gasteiger partial charge in [0.25, 0.3) is 0 Å². The molecular weight excluding hydrogens is 244 g/mol. The lowest BCUT2D eigenvalue weighted by Gasteiger charge is -2.36. The number of rotatable bonds is 3. The van der Waals surface area contributed by atoms with E-state index >= 15 is 0 Å². The molecule has 1 amide bonds. The van der Waals surface area contributed by atoms with E-state index in [0.717, 1.165) is 36.7 Å². The number of piperazine rings is 1. The number of hydrogen-bond acceptors (Lipinski definition) is 4. The van der Waals surface area contributed by atoms with E-state index in [4.69, 9.17) is 9.47 Å². The van der Waals surface area contributed by atoms with Crippen molar-refractivity contribution in [3.05, 3.63) is 23.8 Å². The first kappa shape index (κ1) is 13.7. The average molecular weight is 264 g/mol. The highest BCUT2D eigenvalue weighted by atomic mass is 16.5. The molecule has 0 spiro atoms. The summed E-state index contributed by atoms with van der Waals surface area (Å²) in [6.07, 6.45) is 0. The Morgan fingerprint density at radius 2 is 2.16 bits per heavy atom. The van der Waals surface area contributed by atoms with Crippen molar-refractivity contribution >= 4 is 5.91 Å². The van der Waals surface area contributed by atoms with Crippen LogP contribution in [-0.4, -0.2) is 44.7 Å². The SMILES string of the molecule is COc1ccc(C2CNCCN2C(C)=O)c(OC)c1. The van der Waals surface area contributed by atoms with E-state index < -0.39 is 0 Å². The van der Waals surface area contributed by atoms with Crippen LogP contribution in [0.1, 0.15) is 18.5 Å². The van der Waals surface area contributed by atoms with Gasteiger partial charge in [-0.1, -0.05) is 0 Å². The van der Waals surface area contributed by atoms with E-state index in [1.807, 2.05) is 23.1 Å². The largest absolute Gasteiger partial charge is 0.497 e. The van der Waals surface area contributed by atoms with Crippen molar-refractivity contribution < 1.29 is 14.3 Å². The zero-order chi connectivity index (χ0) is 13.8. The monoisotopic (exact) mass is 264 g/mol. The molecule has 0 aliphatic carbocycles. The van der Waals surface area contributed by atoms with Crippen LogP contribution in [-0.2, 0) is 4.79 Å². The maximum atomic E-state index is 11.7. The van der Waals surface area contributed by atoms with E-state index in [-0.39, 0.29) is 11.9 Å². The third kappa shape index (κ3) is 2.81. The van der Waals surface area contributed by atoms with Crippen molar-refractivity contribution in [2.45, 2.75) is 13.0 Å². The quantitative estimate of drug-likeness (QED) is 0.891.